The van der Waals surface area contributed by atoms with Crippen molar-refractivity contribution in [2.45, 2.75) is 18.8 Å². The molecule has 0 radical (unpaired) electrons. The standard InChI is InChI=1S/C28H22Cl2N4O/c29-23-10-8-21(9-11-23)27-17-25(32-34(27)26-7-2-1-6-24(26)30)28(35)33-14-12-20(13-15-33)22-5-3-4-19(16-22)18-31/h1-11,16-17,20H,12-15H2. The Bertz CT molecular complexity index is 1410. The maximum absolute atomic E-state index is 13.5. The highest BCUT2D eigenvalue weighted by Gasteiger charge is 2.27. The number of benzene rings is 3. The van der Waals surface area contributed by atoms with Crippen LogP contribution in [0.25, 0.3) is 16.9 Å². The Hall–Kier alpha value is -3.59. The van der Waals surface area contributed by atoms with Crippen molar-refractivity contribution in [2.24, 2.45) is 0 Å². The number of nitrogens with zero attached hydrogens (tertiary/aromatic N) is 4. The van der Waals surface area contributed by atoms with E-state index in [0.29, 0.717) is 46.0 Å². The molecular formula is C28H22Cl2N4O. The zero-order chi connectivity index (χ0) is 24.4. The number of hydrogen-bond acceptors (Lipinski definition) is 3. The van der Waals surface area contributed by atoms with Gasteiger partial charge in [-0.3, -0.25) is 4.79 Å². The van der Waals surface area contributed by atoms with Crippen LogP contribution >= 0.6 is 23.2 Å². The molecule has 1 fully saturated rings. The Morgan fingerprint density at radius 3 is 2.40 bits per heavy atom. The summed E-state index contributed by atoms with van der Waals surface area (Å²) in [5.74, 6) is 0.230. The number of piperidine rings is 1. The molecule has 0 aliphatic carbocycles. The van der Waals surface area contributed by atoms with E-state index < -0.39 is 0 Å². The summed E-state index contributed by atoms with van der Waals surface area (Å²) in [6.07, 6.45) is 1.69. The van der Waals surface area contributed by atoms with Crippen LogP contribution < -0.4 is 0 Å². The van der Waals surface area contributed by atoms with E-state index in [1.165, 1.54) is 0 Å². The Morgan fingerprint density at radius 1 is 0.943 bits per heavy atom. The van der Waals surface area contributed by atoms with Crippen LogP contribution in [0.2, 0.25) is 10.0 Å². The summed E-state index contributed by atoms with van der Waals surface area (Å²) in [6.45, 7) is 1.27. The van der Waals surface area contributed by atoms with Crippen molar-refractivity contribution in [2.75, 3.05) is 13.1 Å². The van der Waals surface area contributed by atoms with Crippen molar-refractivity contribution in [1.82, 2.24) is 14.7 Å². The predicted molar refractivity (Wildman–Crippen MR) is 138 cm³/mol. The molecule has 1 aromatic heterocycles. The lowest BCUT2D eigenvalue weighted by molar-refractivity contribution is 0.0706. The third-order valence-corrected chi connectivity index (χ3v) is 6.99. The number of para-hydroxylation sites is 1. The number of carbonyl (C=O) groups excluding carboxylic acids is 1. The predicted octanol–water partition coefficient (Wildman–Crippen LogP) is 6.74. The minimum Gasteiger partial charge on any atom is -0.337 e. The lowest BCUT2D eigenvalue weighted by atomic mass is 9.88. The monoisotopic (exact) mass is 500 g/mol. The van der Waals surface area contributed by atoms with Crippen LogP contribution in [0.3, 0.4) is 0 Å². The van der Waals surface area contributed by atoms with Crippen LogP contribution in [0, 0.1) is 11.3 Å². The first-order valence-corrected chi connectivity index (χ1v) is 12.2. The first kappa shape index (κ1) is 23.2. The lowest BCUT2D eigenvalue weighted by Gasteiger charge is -2.31. The summed E-state index contributed by atoms with van der Waals surface area (Å²) in [5.41, 5.74) is 4.55. The average Bonchev–Trinajstić information content (AvgIpc) is 3.34. The molecule has 5 rings (SSSR count). The van der Waals surface area contributed by atoms with Gasteiger partial charge in [-0.15, -0.1) is 0 Å². The van der Waals surface area contributed by atoms with Gasteiger partial charge in [0.2, 0.25) is 0 Å². The van der Waals surface area contributed by atoms with Crippen molar-refractivity contribution in [3.05, 3.63) is 106 Å². The van der Waals surface area contributed by atoms with Gasteiger partial charge in [-0.25, -0.2) is 4.68 Å². The first-order valence-electron chi connectivity index (χ1n) is 11.4. The SMILES string of the molecule is N#Cc1cccc(C2CCN(C(=O)c3cc(-c4ccc(Cl)cc4)n(-c4ccccc4Cl)n3)CC2)c1. The smallest absolute Gasteiger partial charge is 0.274 e. The van der Waals surface area contributed by atoms with E-state index in [1.54, 1.807) is 10.7 Å². The number of likely N-dealkylation sites (tertiary alicyclic amines) is 1. The number of carbonyl (C=O) groups is 1. The minimum absolute atomic E-state index is 0.102. The molecular weight excluding hydrogens is 479 g/mol. The Balaban J connectivity index is 1.41. The van der Waals surface area contributed by atoms with Gasteiger partial charge >= 0.3 is 0 Å². The summed E-state index contributed by atoms with van der Waals surface area (Å²) >= 11 is 12.6. The van der Waals surface area contributed by atoms with Crippen molar-refractivity contribution < 1.29 is 4.79 Å². The zero-order valence-electron chi connectivity index (χ0n) is 18.9. The van der Waals surface area contributed by atoms with Gasteiger partial charge in [0.15, 0.2) is 5.69 Å². The largest absolute Gasteiger partial charge is 0.337 e. The topological polar surface area (TPSA) is 61.9 Å². The van der Waals surface area contributed by atoms with Gasteiger partial charge < -0.3 is 4.90 Å². The van der Waals surface area contributed by atoms with Crippen molar-refractivity contribution >= 4 is 29.1 Å². The molecule has 2 heterocycles. The van der Waals surface area contributed by atoms with Crippen LogP contribution in [-0.2, 0) is 0 Å². The third kappa shape index (κ3) is 4.81. The summed E-state index contributed by atoms with van der Waals surface area (Å²) in [6, 6.07) is 26.6. The second kappa shape index (κ2) is 9.95. The van der Waals surface area contributed by atoms with Gasteiger partial charge in [0.1, 0.15) is 0 Å². The Labute approximate surface area is 214 Å². The highest BCUT2D eigenvalue weighted by atomic mass is 35.5. The fourth-order valence-electron chi connectivity index (χ4n) is 4.56. The maximum Gasteiger partial charge on any atom is 0.274 e. The van der Waals surface area contributed by atoms with E-state index >= 15 is 0 Å². The number of hydrogen-bond donors (Lipinski definition) is 0. The molecule has 0 bridgehead atoms. The van der Waals surface area contributed by atoms with Gasteiger partial charge in [-0.2, -0.15) is 10.4 Å². The highest BCUT2D eigenvalue weighted by molar-refractivity contribution is 6.32. The van der Waals surface area contributed by atoms with Crippen LogP contribution in [-0.4, -0.2) is 33.7 Å². The van der Waals surface area contributed by atoms with Crippen molar-refractivity contribution in [3.63, 3.8) is 0 Å². The molecule has 1 aliphatic rings. The van der Waals surface area contributed by atoms with Crippen LogP contribution in [0.15, 0.2) is 78.9 Å². The fraction of sp³-hybridized carbons (Fsp3) is 0.179. The van der Waals surface area contributed by atoms with Crippen LogP contribution in [0.1, 0.15) is 40.4 Å². The Kier molecular flexibility index (Phi) is 6.59. The molecule has 35 heavy (non-hydrogen) atoms. The molecule has 174 valence electrons. The number of rotatable bonds is 4. The molecule has 1 aliphatic heterocycles. The number of aromatic nitrogens is 2. The average molecular weight is 501 g/mol. The van der Waals surface area contributed by atoms with E-state index in [1.807, 2.05) is 71.6 Å². The molecule has 3 aromatic carbocycles. The molecule has 1 amide bonds. The van der Waals surface area contributed by atoms with Gasteiger partial charge in [0, 0.05) is 23.7 Å². The zero-order valence-corrected chi connectivity index (χ0v) is 20.4. The fourth-order valence-corrected chi connectivity index (χ4v) is 4.90. The molecule has 7 heteroatoms. The number of halogens is 2. The summed E-state index contributed by atoms with van der Waals surface area (Å²) < 4.78 is 1.72. The van der Waals surface area contributed by atoms with Gasteiger partial charge in [0.25, 0.3) is 5.91 Å². The Morgan fingerprint density at radius 2 is 1.69 bits per heavy atom. The highest BCUT2D eigenvalue weighted by Crippen LogP contribution is 2.31. The van der Waals surface area contributed by atoms with E-state index in [0.717, 1.165) is 29.7 Å². The molecule has 4 aromatic rings. The van der Waals surface area contributed by atoms with E-state index in [2.05, 4.69) is 17.2 Å². The van der Waals surface area contributed by atoms with Crippen LogP contribution in [0.5, 0.6) is 0 Å². The van der Waals surface area contributed by atoms with Crippen molar-refractivity contribution in [3.8, 4) is 23.0 Å². The molecule has 0 unspecified atom stereocenters. The molecule has 0 spiro atoms. The minimum atomic E-state index is -0.102. The van der Waals surface area contributed by atoms with Gasteiger partial charge in [-0.1, -0.05) is 59.6 Å². The second-order valence-electron chi connectivity index (χ2n) is 8.59. The molecule has 0 atom stereocenters. The maximum atomic E-state index is 13.5. The summed E-state index contributed by atoms with van der Waals surface area (Å²) in [5, 5.41) is 15.1. The quantitative estimate of drug-likeness (QED) is 0.311. The lowest BCUT2D eigenvalue weighted by Crippen LogP contribution is -2.38. The van der Waals surface area contributed by atoms with Crippen LogP contribution in [0.4, 0.5) is 0 Å². The first-order chi connectivity index (χ1) is 17.0. The number of nitriles is 1. The van der Waals surface area contributed by atoms with Gasteiger partial charge in [0.05, 0.1) is 28.0 Å². The third-order valence-electron chi connectivity index (χ3n) is 6.42. The molecule has 5 nitrogen and oxygen atoms in total. The van der Waals surface area contributed by atoms with E-state index in [9.17, 15) is 10.1 Å². The van der Waals surface area contributed by atoms with Crippen molar-refractivity contribution in [1.29, 1.82) is 5.26 Å². The van der Waals surface area contributed by atoms with Gasteiger partial charge in [-0.05, 0) is 66.8 Å². The summed E-state index contributed by atoms with van der Waals surface area (Å²) in [7, 11) is 0. The van der Waals surface area contributed by atoms with E-state index in [-0.39, 0.29) is 5.91 Å². The number of amides is 1. The molecule has 0 saturated carbocycles. The molecule has 1 saturated heterocycles. The normalized spacial score (nSPS) is 14.0. The summed E-state index contributed by atoms with van der Waals surface area (Å²) in [4.78, 5) is 15.3. The second-order valence-corrected chi connectivity index (χ2v) is 9.43. The molecule has 0 N–H and O–H groups in total. The van der Waals surface area contributed by atoms with E-state index in [4.69, 9.17) is 23.2 Å².